The smallest absolute Gasteiger partial charge is 0.419 e. The standard InChI is InChI=1S/C18H28F3N3O3/c1-3-22-17(23-9-6-11-26-14-13-25-2)24-10-12-27-16-8-5-4-7-15(16)18(19,20)21/h4-5,7-8H,3,6,9-14H2,1-2H3,(H2,22,23,24). The van der Waals surface area contributed by atoms with E-state index in [4.69, 9.17) is 14.2 Å². The highest BCUT2D eigenvalue weighted by Gasteiger charge is 2.33. The van der Waals surface area contributed by atoms with Gasteiger partial charge in [-0.3, -0.25) is 4.99 Å². The second-order valence-electron chi connectivity index (χ2n) is 5.49. The van der Waals surface area contributed by atoms with E-state index in [2.05, 4.69) is 15.6 Å². The Morgan fingerprint density at radius 3 is 2.56 bits per heavy atom. The summed E-state index contributed by atoms with van der Waals surface area (Å²) in [6.45, 7) is 5.28. The number of methoxy groups -OCH3 is 1. The number of nitrogens with one attached hydrogen (secondary N) is 2. The summed E-state index contributed by atoms with van der Waals surface area (Å²) in [5.41, 5.74) is -0.779. The zero-order chi connectivity index (χ0) is 20.0. The number of ether oxygens (including phenoxy) is 3. The summed E-state index contributed by atoms with van der Waals surface area (Å²) < 4.78 is 54.3. The predicted octanol–water partition coefficient (Wildman–Crippen LogP) is 2.69. The van der Waals surface area contributed by atoms with Crippen molar-refractivity contribution >= 4 is 5.96 Å². The Hall–Kier alpha value is -2.00. The van der Waals surface area contributed by atoms with E-state index in [1.165, 1.54) is 18.2 Å². The Balaban J connectivity index is 2.35. The van der Waals surface area contributed by atoms with Crippen LogP contribution in [0.25, 0.3) is 0 Å². The molecule has 9 heteroatoms. The lowest BCUT2D eigenvalue weighted by Gasteiger charge is -2.15. The zero-order valence-electron chi connectivity index (χ0n) is 15.8. The van der Waals surface area contributed by atoms with Gasteiger partial charge >= 0.3 is 6.18 Å². The third-order valence-corrected chi connectivity index (χ3v) is 3.34. The van der Waals surface area contributed by atoms with Crippen molar-refractivity contribution in [2.45, 2.75) is 19.5 Å². The maximum Gasteiger partial charge on any atom is 0.419 e. The molecule has 0 aliphatic carbocycles. The third-order valence-electron chi connectivity index (χ3n) is 3.34. The molecule has 0 aliphatic heterocycles. The molecule has 0 aliphatic rings. The first kappa shape index (κ1) is 23.0. The van der Waals surface area contributed by atoms with Crippen molar-refractivity contribution in [3.63, 3.8) is 0 Å². The lowest BCUT2D eigenvalue weighted by Crippen LogP contribution is -2.39. The Kier molecular flexibility index (Phi) is 11.3. The monoisotopic (exact) mass is 391 g/mol. The predicted molar refractivity (Wildman–Crippen MR) is 98.2 cm³/mol. The maximum atomic E-state index is 12.9. The molecule has 0 radical (unpaired) electrons. The fraction of sp³-hybridized carbons (Fsp3) is 0.611. The van der Waals surface area contributed by atoms with E-state index < -0.39 is 11.7 Å². The average molecular weight is 391 g/mol. The SMILES string of the molecule is CCNC(=NCCCOCCOC)NCCOc1ccccc1C(F)(F)F. The Bertz CT molecular complexity index is 554. The van der Waals surface area contributed by atoms with E-state index in [-0.39, 0.29) is 12.4 Å². The first-order chi connectivity index (χ1) is 13.0. The lowest BCUT2D eigenvalue weighted by atomic mass is 10.2. The first-order valence-electron chi connectivity index (χ1n) is 8.87. The average Bonchev–Trinajstić information content (AvgIpc) is 2.64. The Labute approximate surface area is 158 Å². The number of hydrogen-bond acceptors (Lipinski definition) is 4. The fourth-order valence-electron chi connectivity index (χ4n) is 2.10. The second-order valence-corrected chi connectivity index (χ2v) is 5.49. The minimum absolute atomic E-state index is 0.0810. The van der Waals surface area contributed by atoms with Crippen molar-refractivity contribution in [3.05, 3.63) is 29.8 Å². The second kappa shape index (κ2) is 13.2. The Morgan fingerprint density at radius 2 is 1.85 bits per heavy atom. The molecule has 0 fully saturated rings. The summed E-state index contributed by atoms with van der Waals surface area (Å²) >= 11 is 0. The highest BCUT2D eigenvalue weighted by atomic mass is 19.4. The molecule has 0 atom stereocenters. The molecule has 154 valence electrons. The van der Waals surface area contributed by atoms with E-state index >= 15 is 0 Å². The minimum atomic E-state index is -4.44. The van der Waals surface area contributed by atoms with Gasteiger partial charge in [-0.1, -0.05) is 12.1 Å². The normalized spacial score (nSPS) is 12.1. The van der Waals surface area contributed by atoms with Gasteiger partial charge in [-0.25, -0.2) is 0 Å². The van der Waals surface area contributed by atoms with Crippen LogP contribution in [0.2, 0.25) is 0 Å². The van der Waals surface area contributed by atoms with Crippen LogP contribution in [-0.4, -0.2) is 59.1 Å². The summed E-state index contributed by atoms with van der Waals surface area (Å²) in [6, 6.07) is 5.16. The van der Waals surface area contributed by atoms with Gasteiger partial charge in [0.05, 0.1) is 25.3 Å². The van der Waals surface area contributed by atoms with Crippen molar-refractivity contribution < 1.29 is 27.4 Å². The van der Waals surface area contributed by atoms with Gasteiger partial charge in [0, 0.05) is 26.8 Å². The van der Waals surface area contributed by atoms with Crippen LogP contribution in [0.4, 0.5) is 13.2 Å². The molecule has 2 N–H and O–H groups in total. The molecule has 0 saturated heterocycles. The molecule has 0 amide bonds. The third kappa shape index (κ3) is 10.0. The largest absolute Gasteiger partial charge is 0.491 e. The molecule has 0 heterocycles. The van der Waals surface area contributed by atoms with Crippen molar-refractivity contribution in [1.82, 2.24) is 10.6 Å². The van der Waals surface area contributed by atoms with Crippen LogP contribution in [0.15, 0.2) is 29.3 Å². The number of guanidine groups is 1. The van der Waals surface area contributed by atoms with Crippen LogP contribution in [0.1, 0.15) is 18.9 Å². The minimum Gasteiger partial charge on any atom is -0.491 e. The van der Waals surface area contributed by atoms with Crippen LogP contribution in [0.5, 0.6) is 5.75 Å². The van der Waals surface area contributed by atoms with Gasteiger partial charge < -0.3 is 24.8 Å². The van der Waals surface area contributed by atoms with E-state index in [9.17, 15) is 13.2 Å². The van der Waals surface area contributed by atoms with E-state index in [0.717, 1.165) is 12.5 Å². The maximum absolute atomic E-state index is 12.9. The Morgan fingerprint density at radius 1 is 1.07 bits per heavy atom. The van der Waals surface area contributed by atoms with Crippen molar-refractivity contribution in [2.24, 2.45) is 4.99 Å². The van der Waals surface area contributed by atoms with Gasteiger partial charge in [0.15, 0.2) is 5.96 Å². The number of halogens is 3. The quantitative estimate of drug-likeness (QED) is 0.326. The summed E-state index contributed by atoms with van der Waals surface area (Å²) in [5, 5.41) is 6.10. The summed E-state index contributed by atoms with van der Waals surface area (Å²) in [7, 11) is 1.62. The molecule has 1 aromatic carbocycles. The number of nitrogens with zero attached hydrogens (tertiary/aromatic N) is 1. The molecular weight excluding hydrogens is 363 g/mol. The van der Waals surface area contributed by atoms with Gasteiger partial charge in [-0.2, -0.15) is 13.2 Å². The number of alkyl halides is 3. The van der Waals surface area contributed by atoms with Crippen molar-refractivity contribution in [2.75, 3.05) is 53.2 Å². The highest BCUT2D eigenvalue weighted by molar-refractivity contribution is 5.79. The molecule has 0 spiro atoms. The molecule has 27 heavy (non-hydrogen) atoms. The molecular formula is C18H28F3N3O3. The van der Waals surface area contributed by atoms with Crippen molar-refractivity contribution in [3.8, 4) is 5.75 Å². The highest BCUT2D eigenvalue weighted by Crippen LogP contribution is 2.35. The van der Waals surface area contributed by atoms with Gasteiger partial charge in [0.1, 0.15) is 12.4 Å². The van der Waals surface area contributed by atoms with Gasteiger partial charge in [-0.05, 0) is 25.5 Å². The lowest BCUT2D eigenvalue weighted by molar-refractivity contribution is -0.138. The summed E-state index contributed by atoms with van der Waals surface area (Å²) in [5.74, 6) is 0.407. The van der Waals surface area contributed by atoms with Crippen LogP contribution in [-0.2, 0) is 15.7 Å². The topological polar surface area (TPSA) is 64.1 Å². The first-order valence-corrected chi connectivity index (χ1v) is 8.87. The number of rotatable bonds is 12. The van der Waals surface area contributed by atoms with Crippen LogP contribution < -0.4 is 15.4 Å². The summed E-state index contributed by atoms with van der Waals surface area (Å²) in [4.78, 5) is 4.38. The van der Waals surface area contributed by atoms with Crippen molar-refractivity contribution in [1.29, 1.82) is 0 Å². The summed E-state index contributed by atoms with van der Waals surface area (Å²) in [6.07, 6.45) is -3.68. The number of aliphatic imine (C=N–C) groups is 1. The number of hydrogen-bond donors (Lipinski definition) is 2. The number of benzene rings is 1. The molecule has 0 unspecified atom stereocenters. The van der Waals surface area contributed by atoms with Gasteiger partial charge in [0.25, 0.3) is 0 Å². The molecule has 0 bridgehead atoms. The fourth-order valence-corrected chi connectivity index (χ4v) is 2.10. The number of para-hydroxylation sites is 1. The van der Waals surface area contributed by atoms with Crippen LogP contribution in [0.3, 0.4) is 0 Å². The molecule has 1 rings (SSSR count). The van der Waals surface area contributed by atoms with Crippen LogP contribution in [0, 0.1) is 0 Å². The van der Waals surface area contributed by atoms with E-state index in [1.54, 1.807) is 7.11 Å². The van der Waals surface area contributed by atoms with Crippen LogP contribution >= 0.6 is 0 Å². The molecule has 1 aromatic rings. The van der Waals surface area contributed by atoms with Gasteiger partial charge in [-0.15, -0.1) is 0 Å². The van der Waals surface area contributed by atoms with E-state index in [0.29, 0.717) is 45.4 Å². The molecule has 0 saturated carbocycles. The van der Waals surface area contributed by atoms with E-state index in [1.807, 2.05) is 6.92 Å². The van der Waals surface area contributed by atoms with Gasteiger partial charge in [0.2, 0.25) is 0 Å². The molecule has 0 aromatic heterocycles. The zero-order valence-corrected chi connectivity index (χ0v) is 15.8. The molecule has 6 nitrogen and oxygen atoms in total.